The molecule has 0 saturated heterocycles. The molecule has 0 heterocycles. The third-order valence-corrected chi connectivity index (χ3v) is 2.31. The van der Waals surface area contributed by atoms with Gasteiger partial charge in [-0.1, -0.05) is 11.6 Å². The smallest absolute Gasteiger partial charge is 0.303 e. The molecule has 1 rings (SSSR count). The summed E-state index contributed by atoms with van der Waals surface area (Å²) in [5.74, 6) is -1.13. The van der Waals surface area contributed by atoms with Gasteiger partial charge in [-0.2, -0.15) is 0 Å². The summed E-state index contributed by atoms with van der Waals surface area (Å²) in [5, 5.41) is 11.1. The molecule has 0 unspecified atom stereocenters. The Morgan fingerprint density at radius 3 is 2.76 bits per heavy atom. The molecule has 1 aromatic carbocycles. The fourth-order valence-electron chi connectivity index (χ4n) is 1.40. The number of benzene rings is 1. The summed E-state index contributed by atoms with van der Waals surface area (Å²) < 4.78 is 0. The minimum absolute atomic E-state index is 0.0452. The van der Waals surface area contributed by atoms with Gasteiger partial charge >= 0.3 is 5.97 Å². The number of nitrogen functional groups attached to an aromatic ring is 1. The van der Waals surface area contributed by atoms with E-state index in [0.29, 0.717) is 24.2 Å². The van der Waals surface area contributed by atoms with Crippen LogP contribution in [0.4, 0.5) is 5.69 Å². The van der Waals surface area contributed by atoms with Crippen molar-refractivity contribution in [1.29, 1.82) is 0 Å². The number of carboxylic acid groups (broad SMARTS) is 1. The maximum atomic E-state index is 11.7. The zero-order chi connectivity index (χ0) is 12.8. The van der Waals surface area contributed by atoms with Gasteiger partial charge in [-0.25, -0.2) is 0 Å². The first-order chi connectivity index (χ1) is 8.00. The van der Waals surface area contributed by atoms with Gasteiger partial charge in [0, 0.05) is 18.7 Å². The van der Waals surface area contributed by atoms with Crippen LogP contribution in [0.3, 0.4) is 0 Å². The second kappa shape index (κ2) is 5.89. The van der Waals surface area contributed by atoms with E-state index in [4.69, 9.17) is 10.8 Å². The summed E-state index contributed by atoms with van der Waals surface area (Å²) in [5.41, 5.74) is 7.49. The number of carbonyl (C=O) groups excluding carboxylic acids is 1. The molecule has 0 fully saturated rings. The first-order valence-corrected chi connectivity index (χ1v) is 5.37. The first-order valence-electron chi connectivity index (χ1n) is 5.37. The van der Waals surface area contributed by atoms with E-state index in [2.05, 4.69) is 5.32 Å². The molecule has 0 radical (unpaired) electrons. The lowest BCUT2D eigenvalue weighted by atomic mass is 10.1. The Morgan fingerprint density at radius 1 is 1.41 bits per heavy atom. The van der Waals surface area contributed by atoms with E-state index in [1.165, 1.54) is 0 Å². The van der Waals surface area contributed by atoms with Crippen LogP contribution in [0.5, 0.6) is 0 Å². The van der Waals surface area contributed by atoms with Crippen molar-refractivity contribution in [2.75, 3.05) is 12.3 Å². The molecule has 0 aliphatic heterocycles. The summed E-state index contributed by atoms with van der Waals surface area (Å²) >= 11 is 0. The number of aryl methyl sites for hydroxylation is 1. The van der Waals surface area contributed by atoms with E-state index >= 15 is 0 Å². The van der Waals surface area contributed by atoms with Crippen molar-refractivity contribution >= 4 is 17.6 Å². The quantitative estimate of drug-likeness (QED) is 0.528. The van der Waals surface area contributed by atoms with Gasteiger partial charge in [-0.3, -0.25) is 9.59 Å². The summed E-state index contributed by atoms with van der Waals surface area (Å²) in [6.07, 6.45) is 0.455. The van der Waals surface area contributed by atoms with Crippen molar-refractivity contribution in [1.82, 2.24) is 5.32 Å². The SMILES string of the molecule is Cc1ccc(N)c(C(=O)NCCCC(=O)O)c1. The highest BCUT2D eigenvalue weighted by Gasteiger charge is 2.09. The van der Waals surface area contributed by atoms with Crippen LogP contribution >= 0.6 is 0 Å². The van der Waals surface area contributed by atoms with Crippen LogP contribution in [0.2, 0.25) is 0 Å². The van der Waals surface area contributed by atoms with Crippen molar-refractivity contribution < 1.29 is 14.7 Å². The Morgan fingerprint density at radius 2 is 2.12 bits per heavy atom. The van der Waals surface area contributed by atoms with Crippen LogP contribution in [0.15, 0.2) is 18.2 Å². The van der Waals surface area contributed by atoms with E-state index in [-0.39, 0.29) is 12.3 Å². The predicted octanol–water partition coefficient (Wildman–Crippen LogP) is 1.17. The van der Waals surface area contributed by atoms with E-state index in [1.807, 2.05) is 13.0 Å². The highest BCUT2D eigenvalue weighted by Crippen LogP contribution is 2.13. The van der Waals surface area contributed by atoms with Crippen LogP contribution < -0.4 is 11.1 Å². The summed E-state index contributed by atoms with van der Waals surface area (Å²) in [4.78, 5) is 22.0. The van der Waals surface area contributed by atoms with Gasteiger partial charge in [0.1, 0.15) is 0 Å². The van der Waals surface area contributed by atoms with Gasteiger partial charge in [-0.15, -0.1) is 0 Å². The van der Waals surface area contributed by atoms with Gasteiger partial charge in [0.25, 0.3) is 5.91 Å². The summed E-state index contributed by atoms with van der Waals surface area (Å²) in [6, 6.07) is 5.22. The molecule has 0 aliphatic carbocycles. The van der Waals surface area contributed by atoms with Crippen LogP contribution in [0, 0.1) is 6.92 Å². The monoisotopic (exact) mass is 236 g/mol. The second-order valence-corrected chi connectivity index (χ2v) is 3.84. The van der Waals surface area contributed by atoms with Crippen LogP contribution in [-0.2, 0) is 4.79 Å². The van der Waals surface area contributed by atoms with Gasteiger partial charge in [0.15, 0.2) is 0 Å². The first kappa shape index (κ1) is 13.0. The molecule has 0 aliphatic rings. The van der Waals surface area contributed by atoms with Crippen LogP contribution in [0.1, 0.15) is 28.8 Å². The lowest BCUT2D eigenvalue weighted by Crippen LogP contribution is -2.25. The minimum atomic E-state index is -0.866. The minimum Gasteiger partial charge on any atom is -0.481 e. The molecule has 5 nitrogen and oxygen atoms in total. The van der Waals surface area contributed by atoms with Crippen molar-refractivity contribution in [2.45, 2.75) is 19.8 Å². The zero-order valence-electron chi connectivity index (χ0n) is 9.69. The molecular weight excluding hydrogens is 220 g/mol. The van der Waals surface area contributed by atoms with Crippen LogP contribution in [-0.4, -0.2) is 23.5 Å². The third-order valence-electron chi connectivity index (χ3n) is 2.31. The predicted molar refractivity (Wildman–Crippen MR) is 64.8 cm³/mol. The zero-order valence-corrected chi connectivity index (χ0v) is 9.69. The van der Waals surface area contributed by atoms with Crippen LogP contribution in [0.25, 0.3) is 0 Å². The standard InChI is InChI=1S/C12H16N2O3/c1-8-4-5-10(13)9(7-8)12(17)14-6-2-3-11(15)16/h4-5,7H,2-3,6,13H2,1H3,(H,14,17)(H,15,16). The van der Waals surface area contributed by atoms with Gasteiger partial charge in [-0.05, 0) is 25.5 Å². The van der Waals surface area contributed by atoms with Gasteiger partial charge < -0.3 is 16.2 Å². The molecule has 0 bridgehead atoms. The number of amides is 1. The molecular formula is C12H16N2O3. The number of aliphatic carboxylic acids is 1. The number of nitrogens with two attached hydrogens (primary N) is 1. The molecule has 1 aromatic rings. The average molecular weight is 236 g/mol. The van der Waals surface area contributed by atoms with E-state index in [0.717, 1.165) is 5.56 Å². The van der Waals surface area contributed by atoms with Gasteiger partial charge in [0.05, 0.1) is 5.56 Å². The second-order valence-electron chi connectivity index (χ2n) is 3.84. The third kappa shape index (κ3) is 4.14. The summed E-state index contributed by atoms with van der Waals surface area (Å²) in [7, 11) is 0. The molecule has 5 heteroatoms. The lowest BCUT2D eigenvalue weighted by molar-refractivity contribution is -0.137. The van der Waals surface area contributed by atoms with Crippen molar-refractivity contribution in [3.63, 3.8) is 0 Å². The molecule has 0 saturated carbocycles. The Balaban J connectivity index is 2.52. The Kier molecular flexibility index (Phi) is 4.51. The average Bonchev–Trinajstić information content (AvgIpc) is 2.27. The number of carboxylic acids is 1. The highest BCUT2D eigenvalue weighted by atomic mass is 16.4. The maximum Gasteiger partial charge on any atom is 0.303 e. The van der Waals surface area contributed by atoms with Gasteiger partial charge in [0.2, 0.25) is 0 Å². The highest BCUT2D eigenvalue weighted by molar-refractivity contribution is 5.99. The maximum absolute atomic E-state index is 11.7. The number of anilines is 1. The molecule has 17 heavy (non-hydrogen) atoms. The topological polar surface area (TPSA) is 92.4 Å². The number of nitrogens with one attached hydrogen (secondary N) is 1. The molecule has 0 atom stereocenters. The number of hydrogen-bond acceptors (Lipinski definition) is 3. The molecule has 0 aromatic heterocycles. The molecule has 4 N–H and O–H groups in total. The Labute approximate surface area is 99.6 Å². The van der Waals surface area contributed by atoms with Crippen molar-refractivity contribution in [2.24, 2.45) is 0 Å². The Hall–Kier alpha value is -2.04. The normalized spacial score (nSPS) is 9.94. The molecule has 0 spiro atoms. The molecule has 1 amide bonds. The van der Waals surface area contributed by atoms with E-state index in [9.17, 15) is 9.59 Å². The lowest BCUT2D eigenvalue weighted by Gasteiger charge is -2.07. The number of carbonyl (C=O) groups is 2. The van der Waals surface area contributed by atoms with Crippen molar-refractivity contribution in [3.8, 4) is 0 Å². The largest absolute Gasteiger partial charge is 0.481 e. The number of rotatable bonds is 5. The fraction of sp³-hybridized carbons (Fsp3) is 0.333. The summed E-state index contributed by atoms with van der Waals surface area (Å²) in [6.45, 7) is 2.21. The Bertz CT molecular complexity index is 430. The fourth-order valence-corrected chi connectivity index (χ4v) is 1.40. The van der Waals surface area contributed by atoms with Crippen molar-refractivity contribution in [3.05, 3.63) is 29.3 Å². The van der Waals surface area contributed by atoms with E-state index < -0.39 is 5.97 Å². The van der Waals surface area contributed by atoms with E-state index in [1.54, 1.807) is 12.1 Å². The number of hydrogen-bond donors (Lipinski definition) is 3. The molecule has 92 valence electrons.